The zero-order valence-corrected chi connectivity index (χ0v) is 18.7. The van der Waals surface area contributed by atoms with Crippen molar-refractivity contribution in [1.82, 2.24) is 14.6 Å². The van der Waals surface area contributed by atoms with Gasteiger partial charge in [-0.2, -0.15) is 10.4 Å². The lowest BCUT2D eigenvalue weighted by atomic mass is 10.1. The molecule has 0 spiro atoms. The molecule has 1 N–H and O–H groups in total. The fourth-order valence-electron chi connectivity index (χ4n) is 3.44. The molecule has 0 saturated heterocycles. The maximum absolute atomic E-state index is 13.9. The number of nitrogens with one attached hydrogen (secondary N) is 1. The summed E-state index contributed by atoms with van der Waals surface area (Å²) in [6, 6.07) is 12.5. The molecule has 35 heavy (non-hydrogen) atoms. The minimum atomic E-state index is -0.634. The number of carbonyl (C=O) groups excluding carboxylic acids is 2. The maximum Gasteiger partial charge on any atom is 0.412 e. The predicted molar refractivity (Wildman–Crippen MR) is 125 cm³/mol. The number of pyridine rings is 2. The van der Waals surface area contributed by atoms with E-state index in [2.05, 4.69) is 20.1 Å². The lowest BCUT2D eigenvalue weighted by Gasteiger charge is -2.20. The average Bonchev–Trinajstić information content (AvgIpc) is 3.31. The molecule has 0 bridgehead atoms. The zero-order valence-electron chi connectivity index (χ0n) is 18.7. The Balaban J connectivity index is 1.68. The summed E-state index contributed by atoms with van der Waals surface area (Å²) in [5, 5.41) is 16.1. The molecule has 0 aliphatic rings. The number of benzene rings is 1. The number of halogens is 1. The Kier molecular flexibility index (Phi) is 6.55. The number of ether oxygens (including phenoxy) is 2. The molecule has 0 unspecified atom stereocenters. The molecular formula is C24H19FN6O4. The lowest BCUT2D eigenvalue weighted by molar-refractivity contribution is 0.0990. The quantitative estimate of drug-likeness (QED) is 0.421. The number of nitriles is 1. The van der Waals surface area contributed by atoms with E-state index in [1.54, 1.807) is 47.4 Å². The zero-order chi connectivity index (χ0) is 24.9. The predicted octanol–water partition coefficient (Wildman–Crippen LogP) is 3.89. The summed E-state index contributed by atoms with van der Waals surface area (Å²) in [6.07, 6.45) is 4.18. The third-order valence-corrected chi connectivity index (χ3v) is 5.18. The highest BCUT2D eigenvalue weighted by Gasteiger charge is 2.20. The van der Waals surface area contributed by atoms with Crippen molar-refractivity contribution < 1.29 is 23.5 Å². The Morgan fingerprint density at radius 1 is 1.17 bits per heavy atom. The van der Waals surface area contributed by atoms with Crippen LogP contribution in [0, 0.1) is 17.1 Å². The van der Waals surface area contributed by atoms with Gasteiger partial charge in [0.25, 0.3) is 5.91 Å². The van der Waals surface area contributed by atoms with Crippen LogP contribution in [0.4, 0.5) is 20.7 Å². The van der Waals surface area contributed by atoms with Gasteiger partial charge in [0.05, 0.1) is 32.0 Å². The van der Waals surface area contributed by atoms with Gasteiger partial charge in [-0.3, -0.25) is 15.0 Å². The fraction of sp³-hybridized carbons (Fsp3) is 0.125. The number of anilines is 2. The molecule has 0 radical (unpaired) electrons. The van der Waals surface area contributed by atoms with Crippen LogP contribution >= 0.6 is 0 Å². The van der Waals surface area contributed by atoms with Gasteiger partial charge in [0.2, 0.25) is 0 Å². The third kappa shape index (κ3) is 4.72. The molecule has 4 rings (SSSR count). The summed E-state index contributed by atoms with van der Waals surface area (Å²) in [7, 11) is 2.58. The molecule has 0 fully saturated rings. The molecule has 11 heteroatoms. The number of hydrogen-bond acceptors (Lipinski definition) is 7. The summed E-state index contributed by atoms with van der Waals surface area (Å²) >= 11 is 0. The molecule has 4 aromatic rings. The second-order valence-electron chi connectivity index (χ2n) is 7.22. The first kappa shape index (κ1) is 23.2. The normalized spacial score (nSPS) is 10.5. The summed E-state index contributed by atoms with van der Waals surface area (Å²) < 4.78 is 25.0. The van der Waals surface area contributed by atoms with Gasteiger partial charge in [0, 0.05) is 40.8 Å². The minimum absolute atomic E-state index is 0.0376. The Morgan fingerprint density at radius 3 is 2.69 bits per heavy atom. The van der Waals surface area contributed by atoms with Crippen molar-refractivity contribution in [2.45, 2.75) is 0 Å². The SMILES string of the molecule is COC(=O)Nc1ccc(-c2cnn3ccc(C(=O)N(CC#N)c4ccc(F)c(OC)c4)cc23)cn1. The van der Waals surface area contributed by atoms with Gasteiger partial charge < -0.3 is 9.47 Å². The molecular weight excluding hydrogens is 455 g/mol. The number of hydrogen-bond donors (Lipinski definition) is 1. The lowest BCUT2D eigenvalue weighted by Crippen LogP contribution is -2.31. The molecule has 1 aromatic carbocycles. The van der Waals surface area contributed by atoms with Crippen molar-refractivity contribution in [2.75, 3.05) is 31.0 Å². The van der Waals surface area contributed by atoms with E-state index in [4.69, 9.17) is 4.74 Å². The molecule has 3 aromatic heterocycles. The topological polar surface area (TPSA) is 122 Å². The van der Waals surface area contributed by atoms with Gasteiger partial charge in [-0.05, 0) is 36.4 Å². The fourth-order valence-corrected chi connectivity index (χ4v) is 3.44. The smallest absolute Gasteiger partial charge is 0.412 e. The van der Waals surface area contributed by atoms with Crippen molar-refractivity contribution in [2.24, 2.45) is 0 Å². The van der Waals surface area contributed by atoms with Gasteiger partial charge in [0.1, 0.15) is 12.4 Å². The van der Waals surface area contributed by atoms with E-state index in [1.807, 2.05) is 6.07 Å². The summed E-state index contributed by atoms with van der Waals surface area (Å²) in [5.74, 6) is -0.753. The summed E-state index contributed by atoms with van der Waals surface area (Å²) in [6.45, 7) is -0.247. The number of aromatic nitrogens is 3. The highest BCUT2D eigenvalue weighted by molar-refractivity contribution is 6.07. The van der Waals surface area contributed by atoms with Crippen LogP contribution in [0.3, 0.4) is 0 Å². The van der Waals surface area contributed by atoms with Crippen LogP contribution in [0.15, 0.2) is 61.1 Å². The number of amides is 2. The molecule has 3 heterocycles. The van der Waals surface area contributed by atoms with Crippen molar-refractivity contribution in [3.05, 3.63) is 72.4 Å². The van der Waals surface area contributed by atoms with Crippen LogP contribution in [0.1, 0.15) is 10.4 Å². The molecule has 176 valence electrons. The standard InChI is InChI=1S/C24H19FN6O4/c1-34-21-12-17(4-5-19(21)25)30(10-8-26)23(32)15-7-9-31-20(11-15)18(14-28-31)16-3-6-22(27-13-16)29-24(33)35-2/h3-7,9,11-14H,10H2,1-2H3,(H,27,29,33). The summed E-state index contributed by atoms with van der Waals surface area (Å²) in [5.41, 5.74) is 2.65. The molecule has 2 amide bonds. The maximum atomic E-state index is 13.9. The largest absolute Gasteiger partial charge is 0.494 e. The molecule has 0 aliphatic carbocycles. The van der Waals surface area contributed by atoms with E-state index in [9.17, 15) is 19.2 Å². The van der Waals surface area contributed by atoms with Crippen molar-refractivity contribution >= 4 is 29.0 Å². The van der Waals surface area contributed by atoms with E-state index in [-0.39, 0.29) is 12.3 Å². The van der Waals surface area contributed by atoms with Gasteiger partial charge in [-0.25, -0.2) is 18.7 Å². The molecule has 0 aliphatic heterocycles. The van der Waals surface area contributed by atoms with E-state index in [0.717, 1.165) is 0 Å². The van der Waals surface area contributed by atoms with Gasteiger partial charge in [-0.1, -0.05) is 0 Å². The highest BCUT2D eigenvalue weighted by Crippen LogP contribution is 2.28. The first-order valence-corrected chi connectivity index (χ1v) is 10.3. The van der Waals surface area contributed by atoms with E-state index < -0.39 is 17.8 Å². The number of rotatable bonds is 6. The van der Waals surface area contributed by atoms with Crippen LogP contribution in [0.25, 0.3) is 16.6 Å². The molecule has 0 saturated carbocycles. The molecule has 10 nitrogen and oxygen atoms in total. The number of methoxy groups -OCH3 is 2. The second-order valence-corrected chi connectivity index (χ2v) is 7.22. The van der Waals surface area contributed by atoms with Gasteiger partial charge in [-0.15, -0.1) is 0 Å². The molecule has 0 atom stereocenters. The first-order valence-electron chi connectivity index (χ1n) is 10.3. The number of carbonyl (C=O) groups is 2. The first-order chi connectivity index (χ1) is 16.9. The van der Waals surface area contributed by atoms with Gasteiger partial charge >= 0.3 is 6.09 Å². The Labute approximate surface area is 199 Å². The van der Waals surface area contributed by atoms with Crippen LogP contribution in [0.5, 0.6) is 5.75 Å². The van der Waals surface area contributed by atoms with Gasteiger partial charge in [0.15, 0.2) is 11.6 Å². The third-order valence-electron chi connectivity index (χ3n) is 5.18. The van der Waals surface area contributed by atoms with Crippen molar-refractivity contribution in [1.29, 1.82) is 5.26 Å². The van der Waals surface area contributed by atoms with Crippen LogP contribution in [0.2, 0.25) is 0 Å². The van der Waals surface area contributed by atoms with Crippen molar-refractivity contribution in [3.63, 3.8) is 0 Å². The minimum Gasteiger partial charge on any atom is -0.494 e. The Hall–Kier alpha value is -4.98. The van der Waals surface area contributed by atoms with Crippen LogP contribution < -0.4 is 15.0 Å². The second kappa shape index (κ2) is 9.88. The van der Waals surface area contributed by atoms with E-state index in [0.29, 0.717) is 33.7 Å². The Morgan fingerprint density at radius 2 is 2.00 bits per heavy atom. The van der Waals surface area contributed by atoms with E-state index in [1.165, 1.54) is 37.3 Å². The number of fused-ring (bicyclic) bond motifs is 1. The summed E-state index contributed by atoms with van der Waals surface area (Å²) in [4.78, 5) is 30.1. The highest BCUT2D eigenvalue weighted by atomic mass is 19.1. The van der Waals surface area contributed by atoms with E-state index >= 15 is 0 Å². The van der Waals surface area contributed by atoms with Crippen LogP contribution in [-0.2, 0) is 4.74 Å². The Bertz CT molecular complexity index is 1440. The average molecular weight is 474 g/mol. The monoisotopic (exact) mass is 474 g/mol. The van der Waals surface area contributed by atoms with Crippen LogP contribution in [-0.4, -0.2) is 47.4 Å². The van der Waals surface area contributed by atoms with Crippen molar-refractivity contribution in [3.8, 4) is 22.9 Å². The number of nitrogens with zero attached hydrogens (tertiary/aromatic N) is 5.